The Morgan fingerprint density at radius 3 is 3.00 bits per heavy atom. The number of pyridine rings is 1. The zero-order valence-corrected chi connectivity index (χ0v) is 13.2. The number of H-pyrrole nitrogens is 1. The Hall–Kier alpha value is -1.53. The molecule has 0 saturated heterocycles. The number of carbonyl (C=O) groups is 1. The Bertz CT molecular complexity index is 660. The molecule has 2 N–H and O–H groups in total. The van der Waals surface area contributed by atoms with Crippen molar-refractivity contribution in [2.24, 2.45) is 0 Å². The van der Waals surface area contributed by atoms with Crippen molar-refractivity contribution >= 4 is 29.5 Å². The van der Waals surface area contributed by atoms with Crippen LogP contribution in [0.25, 0.3) is 0 Å². The standard InChI is InChI=1S/C14H17N3OS2/c1-3-10-5-4-6-15-11(10)8-16-13(18)7-12-9(2)17-14(19)20-12/h4-6H,3,7-8H2,1-2H3,(H,16,18)(H,17,19). The fraction of sp³-hybridized carbons (Fsp3) is 0.357. The Labute approximate surface area is 127 Å². The second-order valence-corrected chi connectivity index (χ2v) is 6.25. The molecule has 0 aliphatic heterocycles. The number of hydrogen-bond donors (Lipinski definition) is 2. The van der Waals surface area contributed by atoms with Crippen molar-refractivity contribution < 1.29 is 4.79 Å². The Kier molecular flexibility index (Phi) is 5.03. The van der Waals surface area contributed by atoms with E-state index in [4.69, 9.17) is 12.2 Å². The molecule has 2 rings (SSSR count). The molecule has 20 heavy (non-hydrogen) atoms. The third-order valence-corrected chi connectivity index (χ3v) is 4.40. The number of amides is 1. The van der Waals surface area contributed by atoms with Crippen molar-refractivity contribution in [3.63, 3.8) is 0 Å². The number of aromatic amines is 1. The van der Waals surface area contributed by atoms with Gasteiger partial charge < -0.3 is 10.3 Å². The van der Waals surface area contributed by atoms with Crippen LogP contribution in [0.2, 0.25) is 0 Å². The molecule has 106 valence electrons. The predicted octanol–water partition coefficient (Wildman–Crippen LogP) is 2.93. The lowest BCUT2D eigenvalue weighted by Gasteiger charge is -2.08. The summed E-state index contributed by atoms with van der Waals surface area (Å²) in [5, 5.41) is 2.92. The van der Waals surface area contributed by atoms with Crippen LogP contribution in [-0.4, -0.2) is 15.9 Å². The van der Waals surface area contributed by atoms with Crippen molar-refractivity contribution in [1.29, 1.82) is 0 Å². The van der Waals surface area contributed by atoms with E-state index in [0.717, 1.165) is 22.7 Å². The molecule has 4 nitrogen and oxygen atoms in total. The van der Waals surface area contributed by atoms with Crippen LogP contribution in [0.15, 0.2) is 18.3 Å². The maximum absolute atomic E-state index is 12.0. The number of carbonyl (C=O) groups excluding carboxylic acids is 1. The first-order valence-electron chi connectivity index (χ1n) is 6.48. The fourth-order valence-electron chi connectivity index (χ4n) is 1.95. The van der Waals surface area contributed by atoms with Crippen molar-refractivity contribution in [1.82, 2.24) is 15.3 Å². The number of rotatable bonds is 5. The van der Waals surface area contributed by atoms with E-state index in [1.807, 2.05) is 19.1 Å². The van der Waals surface area contributed by atoms with Gasteiger partial charge in [0.15, 0.2) is 3.95 Å². The maximum Gasteiger partial charge on any atom is 0.225 e. The van der Waals surface area contributed by atoms with Crippen LogP contribution < -0.4 is 5.32 Å². The van der Waals surface area contributed by atoms with Gasteiger partial charge in [0.05, 0.1) is 18.7 Å². The number of aryl methyl sites for hydroxylation is 2. The van der Waals surface area contributed by atoms with Crippen LogP contribution in [0, 0.1) is 10.9 Å². The van der Waals surface area contributed by atoms with Gasteiger partial charge in [-0.2, -0.15) is 0 Å². The van der Waals surface area contributed by atoms with Gasteiger partial charge in [0.2, 0.25) is 5.91 Å². The lowest BCUT2D eigenvalue weighted by Crippen LogP contribution is -2.25. The van der Waals surface area contributed by atoms with Crippen LogP contribution in [0.3, 0.4) is 0 Å². The molecule has 0 spiro atoms. The Morgan fingerprint density at radius 1 is 1.55 bits per heavy atom. The maximum atomic E-state index is 12.0. The summed E-state index contributed by atoms with van der Waals surface area (Å²) in [7, 11) is 0. The minimum Gasteiger partial charge on any atom is -0.350 e. The third kappa shape index (κ3) is 3.74. The molecular formula is C14H17N3OS2. The number of nitrogens with one attached hydrogen (secondary N) is 2. The van der Waals surface area contributed by atoms with E-state index in [9.17, 15) is 4.79 Å². The summed E-state index contributed by atoms with van der Waals surface area (Å²) in [4.78, 5) is 20.3. The molecule has 0 aromatic carbocycles. The van der Waals surface area contributed by atoms with Crippen LogP contribution in [0.4, 0.5) is 0 Å². The molecule has 1 amide bonds. The molecule has 2 heterocycles. The van der Waals surface area contributed by atoms with Gasteiger partial charge >= 0.3 is 0 Å². The van der Waals surface area contributed by atoms with E-state index >= 15 is 0 Å². The van der Waals surface area contributed by atoms with Gasteiger partial charge in [-0.3, -0.25) is 9.78 Å². The lowest BCUT2D eigenvalue weighted by atomic mass is 10.1. The van der Waals surface area contributed by atoms with Crippen molar-refractivity contribution in [3.8, 4) is 0 Å². The van der Waals surface area contributed by atoms with Gasteiger partial charge in [-0.05, 0) is 37.2 Å². The molecular weight excluding hydrogens is 290 g/mol. The number of thiazole rings is 1. The zero-order valence-electron chi connectivity index (χ0n) is 11.5. The first-order chi connectivity index (χ1) is 9.60. The molecule has 0 unspecified atom stereocenters. The molecule has 6 heteroatoms. The normalized spacial score (nSPS) is 10.5. The van der Waals surface area contributed by atoms with Gasteiger partial charge in [0, 0.05) is 16.8 Å². The third-order valence-electron chi connectivity index (χ3n) is 3.06. The highest BCUT2D eigenvalue weighted by atomic mass is 32.1. The quantitative estimate of drug-likeness (QED) is 0.835. The Balaban J connectivity index is 1.95. The van der Waals surface area contributed by atoms with E-state index in [1.54, 1.807) is 6.20 Å². The summed E-state index contributed by atoms with van der Waals surface area (Å²) in [5.41, 5.74) is 3.07. The molecule has 0 aliphatic carbocycles. The van der Waals surface area contributed by atoms with E-state index in [2.05, 4.69) is 22.2 Å². The van der Waals surface area contributed by atoms with E-state index in [1.165, 1.54) is 16.9 Å². The Morgan fingerprint density at radius 2 is 2.35 bits per heavy atom. The average molecular weight is 307 g/mol. The highest BCUT2D eigenvalue weighted by Crippen LogP contribution is 2.15. The van der Waals surface area contributed by atoms with Gasteiger partial charge in [-0.15, -0.1) is 11.3 Å². The SMILES string of the molecule is CCc1cccnc1CNC(=O)Cc1sc(=S)[nH]c1C. The second kappa shape index (κ2) is 6.76. The molecule has 0 atom stereocenters. The van der Waals surface area contributed by atoms with Crippen molar-refractivity contribution in [2.75, 3.05) is 0 Å². The minimum atomic E-state index is -0.00828. The monoisotopic (exact) mass is 307 g/mol. The van der Waals surface area contributed by atoms with Gasteiger partial charge in [0.25, 0.3) is 0 Å². The van der Waals surface area contributed by atoms with Gasteiger partial charge in [-0.25, -0.2) is 0 Å². The van der Waals surface area contributed by atoms with Crippen LogP contribution in [0.5, 0.6) is 0 Å². The molecule has 0 fully saturated rings. The topological polar surface area (TPSA) is 57.8 Å². The van der Waals surface area contributed by atoms with Crippen molar-refractivity contribution in [3.05, 3.63) is 44.1 Å². The first kappa shape index (κ1) is 14.9. The average Bonchev–Trinajstić information content (AvgIpc) is 2.75. The van der Waals surface area contributed by atoms with Gasteiger partial charge in [0.1, 0.15) is 0 Å². The molecule has 0 radical (unpaired) electrons. The summed E-state index contributed by atoms with van der Waals surface area (Å²) in [5.74, 6) is -0.00828. The first-order valence-corrected chi connectivity index (χ1v) is 7.70. The predicted molar refractivity (Wildman–Crippen MR) is 83.4 cm³/mol. The fourth-order valence-corrected chi connectivity index (χ4v) is 3.24. The molecule has 0 bridgehead atoms. The highest BCUT2D eigenvalue weighted by molar-refractivity contribution is 7.73. The van der Waals surface area contributed by atoms with E-state index in [0.29, 0.717) is 16.9 Å². The summed E-state index contributed by atoms with van der Waals surface area (Å²) in [6.45, 7) is 4.48. The second-order valence-electron chi connectivity index (χ2n) is 4.48. The van der Waals surface area contributed by atoms with E-state index in [-0.39, 0.29) is 5.91 Å². The molecule has 0 aliphatic rings. The van der Waals surface area contributed by atoms with Crippen LogP contribution in [-0.2, 0) is 24.2 Å². The summed E-state index contributed by atoms with van der Waals surface area (Å²) in [6, 6.07) is 3.95. The summed E-state index contributed by atoms with van der Waals surface area (Å²) >= 11 is 6.52. The smallest absolute Gasteiger partial charge is 0.225 e. The van der Waals surface area contributed by atoms with Crippen LogP contribution >= 0.6 is 23.6 Å². The molecule has 2 aromatic rings. The van der Waals surface area contributed by atoms with Gasteiger partial charge in [-0.1, -0.05) is 13.0 Å². The van der Waals surface area contributed by atoms with E-state index < -0.39 is 0 Å². The largest absolute Gasteiger partial charge is 0.350 e. The number of aromatic nitrogens is 2. The lowest BCUT2D eigenvalue weighted by molar-refractivity contribution is -0.120. The van der Waals surface area contributed by atoms with Crippen molar-refractivity contribution in [2.45, 2.75) is 33.2 Å². The van der Waals surface area contributed by atoms with Crippen LogP contribution in [0.1, 0.15) is 28.8 Å². The summed E-state index contributed by atoms with van der Waals surface area (Å²) < 4.78 is 0.711. The number of nitrogens with zero attached hydrogens (tertiary/aromatic N) is 1. The summed E-state index contributed by atoms with van der Waals surface area (Å²) in [6.07, 6.45) is 3.03. The molecule has 2 aromatic heterocycles. The zero-order chi connectivity index (χ0) is 14.5. The number of hydrogen-bond acceptors (Lipinski definition) is 4. The minimum absolute atomic E-state index is 0.00828. The highest BCUT2D eigenvalue weighted by Gasteiger charge is 2.09. The molecule has 0 saturated carbocycles.